The second-order valence-corrected chi connectivity index (χ2v) is 33.7. The zero-order valence-corrected chi connectivity index (χ0v) is 59.4. The maximum absolute atomic E-state index is 15.1. The number of rotatable bonds is 11. The van der Waals surface area contributed by atoms with E-state index in [1.807, 2.05) is 194 Å². The normalized spacial score (nSPS) is 11.6. The molecule has 0 amide bonds. The third kappa shape index (κ3) is 13.7. The van der Waals surface area contributed by atoms with E-state index in [1.54, 1.807) is 23.7 Å². The van der Waals surface area contributed by atoms with Gasteiger partial charge < -0.3 is 9.13 Å². The van der Waals surface area contributed by atoms with Gasteiger partial charge in [-0.05, 0) is 130 Å². The molecule has 0 bridgehead atoms. The van der Waals surface area contributed by atoms with E-state index >= 15 is 9.13 Å². The van der Waals surface area contributed by atoms with E-state index in [0.717, 1.165) is 97.0 Å². The Balaban J connectivity index is 0.000000167. The topological polar surface area (TPSA) is 85.7 Å². The number of hydrogen-bond acceptors (Lipinski definition) is 7. The summed E-state index contributed by atoms with van der Waals surface area (Å²) in [5.74, 6) is 0. The Hall–Kier alpha value is -6.42. The molecule has 2 radical (unpaired) electrons. The van der Waals surface area contributed by atoms with E-state index in [4.69, 9.17) is 12.6 Å². The van der Waals surface area contributed by atoms with Gasteiger partial charge in [-0.25, -0.2) is 0 Å². The van der Waals surface area contributed by atoms with E-state index in [0.29, 0.717) is 0 Å². The zero-order valence-electron chi connectivity index (χ0n) is 50.6. The summed E-state index contributed by atoms with van der Waals surface area (Å²) in [5.41, 5.74) is 7.93. The van der Waals surface area contributed by atoms with Crippen LogP contribution in [0.5, 0.6) is 0 Å². The molecule has 4 unspecified atom stereocenters. The predicted molar refractivity (Wildman–Crippen MR) is 403 cm³/mol. The van der Waals surface area contributed by atoms with E-state index in [-0.39, 0.29) is 48.8 Å². The molecule has 0 fully saturated rings. The Morgan fingerprint density at radius 2 is 0.678 bits per heavy atom. The molecule has 0 aliphatic carbocycles. The first-order valence-corrected chi connectivity index (χ1v) is 39.7. The summed E-state index contributed by atoms with van der Waals surface area (Å²) in [4.78, 5) is 18.3. The monoisotopic (exact) mass is 1390 g/mol. The fraction of sp³-hybridized carbons (Fsp3) is 0. The fourth-order valence-electron chi connectivity index (χ4n) is 11.4. The SMILES string of the molecule is O=P(c1ccccc1)(c1ccccc1)c1ccc2sc3ccc(P(=O)(c4ccccc4)c4ccccc4)cc3c2c1.[3H]PP.[3H][B]P(P)P.[Y].c1ccc(-c2ccc(-c3ccc4c5ccc(-c6ccc(-c7ccccn7)nc6)cc5c5ccccc5c4c3)cn2)nc1. The largest absolute Gasteiger partial charge is 0.309 e. The van der Waals surface area contributed by atoms with Crippen molar-refractivity contribution in [1.29, 1.82) is 2.61 Å². The summed E-state index contributed by atoms with van der Waals surface area (Å²) in [6, 6.07) is 93.6. The minimum atomic E-state index is -3.12. The Labute approximate surface area is 568 Å². The number of benzene rings is 10. The van der Waals surface area contributed by atoms with Crippen LogP contribution in [0, 0.1) is 0 Å². The van der Waals surface area contributed by atoms with Crippen LogP contribution >= 0.6 is 68.5 Å². The minimum Gasteiger partial charge on any atom is -0.309 e. The molecule has 15 rings (SSSR count). The first kappa shape index (κ1) is 62.4. The molecule has 0 saturated carbocycles. The number of thiophene rings is 1. The Kier molecular flexibility index (Phi) is 20.7. The van der Waals surface area contributed by atoms with Gasteiger partial charge in [0.15, 0.2) is 14.3 Å². The van der Waals surface area contributed by atoms with Gasteiger partial charge in [0.05, 0.1) is 24.1 Å². The van der Waals surface area contributed by atoms with Gasteiger partial charge in [0.1, 0.15) is 7.53 Å². The molecule has 0 saturated heterocycles. The van der Waals surface area contributed by atoms with Gasteiger partial charge >= 0.3 is 0 Å². The van der Waals surface area contributed by atoms with Crippen molar-refractivity contribution in [3.8, 4) is 45.0 Å². The summed E-state index contributed by atoms with van der Waals surface area (Å²) in [6.45, 7) is 0. The summed E-state index contributed by atoms with van der Waals surface area (Å²) >= 11 is 1.70. The molecule has 4 atom stereocenters. The number of aromatic nitrogens is 4. The molecule has 90 heavy (non-hydrogen) atoms. The number of hydrogen-bond donors (Lipinski definition) is 0. The average molecular weight is 1390 g/mol. The van der Waals surface area contributed by atoms with Gasteiger partial charge in [-0.2, -0.15) is 0 Å². The standard InChI is InChI=1S/C38H24N4.C36H26O2P2S.BH5P3.H4P2.Y/c1-2-8-30-29(7-1)33-21-25(27-13-17-37(41-23-27)35-9-3-5-19-39-35)11-15-31(33)32-16-12-26(22-34(30)32)28-14-18-38(42-24-28)36-10-4-6-20-40-36;37-39(27-13-5-1-6-14-27,28-15-7-2-8-16-28)31-21-23-35-33(25-31)34-26-32(22-24-36(34)41-35)40(38,29-17-9-3-10-18-29)30-19-11-4-12-20-30;1-4(2)3;1-2;/h1-24H;1-26H;1H,2-3H2;1-2H2;/i;;2*1T;. The first-order chi connectivity index (χ1) is 44.6. The molecular weight excluding hydrogens is 1330 g/mol. The smallest absolute Gasteiger partial charge is 0.171 e. The molecule has 0 aliphatic rings. The van der Waals surface area contributed by atoms with E-state index in [1.165, 1.54) is 39.8 Å². The van der Waals surface area contributed by atoms with E-state index in [2.05, 4.69) is 134 Å². The fourth-order valence-corrected chi connectivity index (χ4v) is 17.8. The number of nitrogens with zero attached hydrogens (tertiary/aromatic N) is 4. The quantitative estimate of drug-likeness (QED) is 0.0729. The summed E-state index contributed by atoms with van der Waals surface area (Å²) in [5, 5.41) is 14.3. The number of pyridine rings is 4. The van der Waals surface area contributed by atoms with Gasteiger partial charge in [0, 0.05) is 121 Å². The molecular formula is C74H59BN4O2P7SY. The van der Waals surface area contributed by atoms with Gasteiger partial charge in [-0.15, -0.1) is 54.2 Å². The van der Waals surface area contributed by atoms with Crippen molar-refractivity contribution in [3.05, 3.63) is 304 Å². The van der Waals surface area contributed by atoms with E-state index in [9.17, 15) is 0 Å². The molecule has 0 aliphatic heterocycles. The van der Waals surface area contributed by atoms with Crippen LogP contribution in [0.1, 0.15) is 0 Å². The third-order valence-corrected chi connectivity index (χ3v) is 22.8. The van der Waals surface area contributed by atoms with Crippen LogP contribution in [0.4, 0.5) is 0 Å². The van der Waals surface area contributed by atoms with Crippen LogP contribution < -0.4 is 31.8 Å². The molecule has 434 valence electrons. The molecule has 5 heterocycles. The Morgan fingerprint density at radius 1 is 0.356 bits per heavy atom. The van der Waals surface area contributed by atoms with Gasteiger partial charge in [0.25, 0.3) is 0 Å². The molecule has 5 aromatic heterocycles. The van der Waals surface area contributed by atoms with Crippen LogP contribution in [0.3, 0.4) is 0 Å². The molecule has 10 aromatic carbocycles. The van der Waals surface area contributed by atoms with Crippen molar-refractivity contribution in [2.75, 3.05) is 0 Å². The third-order valence-electron chi connectivity index (χ3n) is 15.5. The van der Waals surface area contributed by atoms with Crippen molar-refractivity contribution in [3.63, 3.8) is 0 Å². The van der Waals surface area contributed by atoms with Gasteiger partial charge in [-0.1, -0.05) is 194 Å². The predicted octanol–water partition coefficient (Wildman–Crippen LogP) is 18.2. The van der Waals surface area contributed by atoms with Crippen molar-refractivity contribution in [2.24, 2.45) is 0 Å². The molecule has 6 nitrogen and oxygen atoms in total. The van der Waals surface area contributed by atoms with Crippen molar-refractivity contribution in [2.45, 2.75) is 0 Å². The summed E-state index contributed by atoms with van der Waals surface area (Å²) in [7, 11) is 2.50. The van der Waals surface area contributed by atoms with E-state index < -0.39 is 14.3 Å². The van der Waals surface area contributed by atoms with Crippen LogP contribution in [-0.2, 0) is 41.8 Å². The van der Waals surface area contributed by atoms with Crippen molar-refractivity contribution >= 4 is 160 Å². The van der Waals surface area contributed by atoms with Crippen LogP contribution in [-0.4, -0.2) is 30.1 Å². The molecule has 0 N–H and O–H groups in total. The molecule has 15 aromatic rings. The van der Waals surface area contributed by atoms with Crippen LogP contribution in [0.25, 0.3) is 97.5 Å². The summed E-state index contributed by atoms with van der Waals surface area (Å²) in [6.07, 6.45) is 7.47. The number of fused-ring (bicyclic) bond motifs is 9. The average Bonchev–Trinajstić information content (AvgIpc) is 1.16. The van der Waals surface area contributed by atoms with Gasteiger partial charge in [-0.3, -0.25) is 19.9 Å². The van der Waals surface area contributed by atoms with Gasteiger partial charge in [0.2, 0.25) is 0 Å². The Morgan fingerprint density at radius 3 is 1.00 bits per heavy atom. The molecule has 16 heteroatoms. The zero-order chi connectivity index (χ0) is 62.7. The maximum atomic E-state index is 15.1. The minimum absolute atomic E-state index is 0. The maximum Gasteiger partial charge on any atom is 0.171 e. The molecule has 0 spiro atoms. The Bertz CT molecular complexity index is 4670. The second-order valence-electron chi connectivity index (χ2n) is 20.8. The summed E-state index contributed by atoms with van der Waals surface area (Å²) < 4.78 is 45.1. The second kappa shape index (κ2) is 29.9. The first-order valence-electron chi connectivity index (χ1n) is 29.6. The van der Waals surface area contributed by atoms with Crippen molar-refractivity contribution < 1.29 is 41.8 Å². The van der Waals surface area contributed by atoms with Crippen molar-refractivity contribution in [1.82, 2.24) is 19.9 Å². The van der Waals surface area contributed by atoms with Crippen LogP contribution in [0.2, 0.25) is 0 Å². The van der Waals surface area contributed by atoms with Crippen LogP contribution in [0.15, 0.2) is 304 Å².